The standard InChI is InChI=1S/C23H42O2/c1-3-5-6-7-8-9-10-11-12-13-14-15-16-17-18-19-20-21-22-25-23(24)4-2/h4,7-8H,2-3,5-6,9-22H2,1H3/b8-7+. The second-order valence-electron chi connectivity index (χ2n) is 7.02. The molecule has 0 bridgehead atoms. The van der Waals surface area contributed by atoms with Gasteiger partial charge in [0.15, 0.2) is 0 Å². The van der Waals surface area contributed by atoms with Gasteiger partial charge in [-0.05, 0) is 25.7 Å². The number of hydrogen-bond donors (Lipinski definition) is 0. The van der Waals surface area contributed by atoms with Gasteiger partial charge in [-0.25, -0.2) is 4.79 Å². The van der Waals surface area contributed by atoms with Gasteiger partial charge < -0.3 is 4.74 Å². The summed E-state index contributed by atoms with van der Waals surface area (Å²) in [5, 5.41) is 0. The van der Waals surface area contributed by atoms with Crippen LogP contribution in [0.25, 0.3) is 0 Å². The van der Waals surface area contributed by atoms with Crippen molar-refractivity contribution < 1.29 is 9.53 Å². The van der Waals surface area contributed by atoms with Crippen molar-refractivity contribution >= 4 is 5.97 Å². The molecule has 0 saturated carbocycles. The lowest BCUT2D eigenvalue weighted by molar-refractivity contribution is -0.137. The van der Waals surface area contributed by atoms with E-state index in [-0.39, 0.29) is 5.97 Å². The maximum atomic E-state index is 10.9. The zero-order valence-corrected chi connectivity index (χ0v) is 16.8. The molecule has 0 aromatic heterocycles. The predicted molar refractivity (Wildman–Crippen MR) is 110 cm³/mol. The molecule has 0 aliphatic heterocycles. The van der Waals surface area contributed by atoms with Gasteiger partial charge in [0.05, 0.1) is 6.61 Å². The molecule has 0 heterocycles. The van der Waals surface area contributed by atoms with E-state index in [0.717, 1.165) is 12.8 Å². The summed E-state index contributed by atoms with van der Waals surface area (Å²) in [6.45, 7) is 6.18. The minimum absolute atomic E-state index is 0.302. The Morgan fingerprint density at radius 2 is 1.16 bits per heavy atom. The van der Waals surface area contributed by atoms with Crippen molar-refractivity contribution in [1.82, 2.24) is 0 Å². The van der Waals surface area contributed by atoms with Gasteiger partial charge in [0, 0.05) is 6.08 Å². The molecule has 0 saturated heterocycles. The Balaban J connectivity index is 3.06. The van der Waals surface area contributed by atoms with Crippen LogP contribution in [0.1, 0.15) is 110 Å². The van der Waals surface area contributed by atoms with E-state index in [0.29, 0.717) is 6.61 Å². The van der Waals surface area contributed by atoms with Crippen LogP contribution >= 0.6 is 0 Å². The van der Waals surface area contributed by atoms with Crippen molar-refractivity contribution in [3.05, 3.63) is 24.8 Å². The number of unbranched alkanes of at least 4 members (excludes halogenated alkanes) is 14. The molecule has 0 amide bonds. The number of allylic oxidation sites excluding steroid dienone is 2. The van der Waals surface area contributed by atoms with E-state index in [1.165, 1.54) is 96.0 Å². The van der Waals surface area contributed by atoms with Gasteiger partial charge in [0.2, 0.25) is 0 Å². The van der Waals surface area contributed by atoms with Gasteiger partial charge in [-0.2, -0.15) is 0 Å². The van der Waals surface area contributed by atoms with Crippen LogP contribution in [-0.2, 0) is 9.53 Å². The average Bonchev–Trinajstić information content (AvgIpc) is 2.63. The molecule has 0 aromatic carbocycles. The van der Waals surface area contributed by atoms with E-state index in [1.54, 1.807) is 0 Å². The van der Waals surface area contributed by atoms with Gasteiger partial charge in [0.25, 0.3) is 0 Å². The van der Waals surface area contributed by atoms with Gasteiger partial charge in [-0.15, -0.1) is 0 Å². The minimum atomic E-state index is -0.302. The smallest absolute Gasteiger partial charge is 0.330 e. The zero-order valence-electron chi connectivity index (χ0n) is 16.8. The molecular formula is C23H42O2. The Morgan fingerprint density at radius 3 is 1.64 bits per heavy atom. The Morgan fingerprint density at radius 1 is 0.720 bits per heavy atom. The summed E-state index contributed by atoms with van der Waals surface area (Å²) in [5.41, 5.74) is 0. The average molecular weight is 351 g/mol. The minimum Gasteiger partial charge on any atom is -0.463 e. The summed E-state index contributed by atoms with van der Waals surface area (Å²) >= 11 is 0. The van der Waals surface area contributed by atoms with Crippen LogP contribution in [0.2, 0.25) is 0 Å². The summed E-state index contributed by atoms with van der Waals surface area (Å²) < 4.78 is 4.96. The number of rotatable bonds is 19. The third-order valence-corrected chi connectivity index (χ3v) is 4.57. The lowest BCUT2D eigenvalue weighted by atomic mass is 10.0. The molecule has 0 rings (SSSR count). The monoisotopic (exact) mass is 350 g/mol. The first-order chi connectivity index (χ1) is 12.3. The van der Waals surface area contributed by atoms with E-state index in [2.05, 4.69) is 25.7 Å². The maximum absolute atomic E-state index is 10.9. The highest BCUT2D eigenvalue weighted by molar-refractivity contribution is 5.81. The van der Waals surface area contributed by atoms with Crippen molar-refractivity contribution in [2.45, 2.75) is 110 Å². The van der Waals surface area contributed by atoms with Crippen LogP contribution in [0.15, 0.2) is 24.8 Å². The largest absolute Gasteiger partial charge is 0.463 e. The van der Waals surface area contributed by atoms with Gasteiger partial charge >= 0.3 is 5.97 Å². The van der Waals surface area contributed by atoms with Crippen LogP contribution in [-0.4, -0.2) is 12.6 Å². The lowest BCUT2D eigenvalue weighted by Crippen LogP contribution is -2.01. The summed E-state index contributed by atoms with van der Waals surface area (Å²) in [6, 6.07) is 0. The fourth-order valence-corrected chi connectivity index (χ4v) is 2.92. The molecule has 0 atom stereocenters. The van der Waals surface area contributed by atoms with Gasteiger partial charge in [0.1, 0.15) is 0 Å². The zero-order chi connectivity index (χ0) is 18.4. The van der Waals surface area contributed by atoms with Crippen molar-refractivity contribution in [1.29, 1.82) is 0 Å². The van der Waals surface area contributed by atoms with E-state index >= 15 is 0 Å². The van der Waals surface area contributed by atoms with E-state index in [9.17, 15) is 4.79 Å². The number of hydrogen-bond acceptors (Lipinski definition) is 2. The number of ether oxygens (including phenoxy) is 1. The third-order valence-electron chi connectivity index (χ3n) is 4.57. The molecule has 0 spiro atoms. The van der Waals surface area contributed by atoms with Gasteiger partial charge in [-0.1, -0.05) is 103 Å². The van der Waals surface area contributed by atoms with Crippen molar-refractivity contribution in [2.75, 3.05) is 6.61 Å². The van der Waals surface area contributed by atoms with E-state index < -0.39 is 0 Å². The van der Waals surface area contributed by atoms with Crippen molar-refractivity contribution in [2.24, 2.45) is 0 Å². The lowest BCUT2D eigenvalue weighted by Gasteiger charge is -2.03. The van der Waals surface area contributed by atoms with Crippen molar-refractivity contribution in [3.8, 4) is 0 Å². The maximum Gasteiger partial charge on any atom is 0.330 e. The summed E-state index contributed by atoms with van der Waals surface area (Å²) in [5.74, 6) is -0.302. The van der Waals surface area contributed by atoms with Crippen LogP contribution in [0.5, 0.6) is 0 Å². The fourth-order valence-electron chi connectivity index (χ4n) is 2.92. The van der Waals surface area contributed by atoms with E-state index in [1.807, 2.05) is 0 Å². The Kier molecular flexibility index (Phi) is 20.1. The number of carbonyl (C=O) groups is 1. The highest BCUT2D eigenvalue weighted by atomic mass is 16.5. The number of esters is 1. The summed E-state index contributed by atoms with van der Waals surface area (Å²) in [6.07, 6.45) is 27.0. The molecule has 146 valence electrons. The first-order valence-corrected chi connectivity index (χ1v) is 10.8. The first-order valence-electron chi connectivity index (χ1n) is 10.8. The van der Waals surface area contributed by atoms with Crippen LogP contribution in [0.4, 0.5) is 0 Å². The topological polar surface area (TPSA) is 26.3 Å². The quantitative estimate of drug-likeness (QED) is 0.104. The Hall–Kier alpha value is -1.05. The Bertz CT molecular complexity index is 320. The van der Waals surface area contributed by atoms with Crippen LogP contribution < -0.4 is 0 Å². The summed E-state index contributed by atoms with van der Waals surface area (Å²) in [4.78, 5) is 10.9. The second-order valence-corrected chi connectivity index (χ2v) is 7.02. The molecule has 0 aliphatic carbocycles. The summed E-state index contributed by atoms with van der Waals surface area (Å²) in [7, 11) is 0. The molecule has 0 aromatic rings. The van der Waals surface area contributed by atoms with Gasteiger partial charge in [-0.3, -0.25) is 0 Å². The van der Waals surface area contributed by atoms with Crippen LogP contribution in [0, 0.1) is 0 Å². The molecule has 2 nitrogen and oxygen atoms in total. The van der Waals surface area contributed by atoms with Crippen LogP contribution in [0.3, 0.4) is 0 Å². The Labute approximate surface area is 157 Å². The molecule has 25 heavy (non-hydrogen) atoms. The van der Waals surface area contributed by atoms with Crippen molar-refractivity contribution in [3.63, 3.8) is 0 Å². The first kappa shape index (κ1) is 23.9. The second kappa shape index (κ2) is 21.0. The molecular weight excluding hydrogens is 308 g/mol. The molecule has 0 radical (unpaired) electrons. The third kappa shape index (κ3) is 20.9. The molecule has 0 aliphatic rings. The molecule has 2 heteroatoms. The number of carbonyl (C=O) groups excluding carboxylic acids is 1. The normalized spacial score (nSPS) is 11.1. The fraction of sp³-hybridized carbons (Fsp3) is 0.783. The molecule has 0 N–H and O–H groups in total. The van der Waals surface area contributed by atoms with E-state index in [4.69, 9.17) is 4.74 Å². The molecule has 0 unspecified atom stereocenters. The predicted octanol–water partition coefficient (Wildman–Crippen LogP) is 7.53. The SMILES string of the molecule is C=CC(=O)OCCCCCCCCCCCCCC/C=C/CCCC. The highest BCUT2D eigenvalue weighted by Crippen LogP contribution is 2.12. The molecule has 0 fully saturated rings. The highest BCUT2D eigenvalue weighted by Gasteiger charge is 1.96.